The third kappa shape index (κ3) is 1.87. The fourth-order valence-corrected chi connectivity index (χ4v) is 2.50. The van der Waals surface area contributed by atoms with Crippen LogP contribution in [-0.2, 0) is 11.2 Å². The van der Waals surface area contributed by atoms with Gasteiger partial charge in [0.2, 0.25) is 0 Å². The maximum absolute atomic E-state index is 11.1. The first kappa shape index (κ1) is 10.2. The molecule has 0 saturated heterocycles. The van der Waals surface area contributed by atoms with Gasteiger partial charge in [0, 0.05) is 0 Å². The van der Waals surface area contributed by atoms with Gasteiger partial charge in [-0.3, -0.25) is 4.79 Å². The summed E-state index contributed by atoms with van der Waals surface area (Å²) in [4.78, 5) is 11.1. The smallest absolute Gasteiger partial charge is 0.152 e. The average molecular weight is 200 g/mol. The standard InChI is InChI=1S/C14H16O/c1-9-6-10(2)14-12(7-9)4-5-13(14)8-11(3)15/h6-8H,4-5H2,1-3H3. The second-order valence-corrected chi connectivity index (χ2v) is 4.40. The third-order valence-corrected chi connectivity index (χ3v) is 2.92. The maximum atomic E-state index is 11.1. The Morgan fingerprint density at radius 2 is 2.00 bits per heavy atom. The molecular formula is C14H16O. The number of hydrogen-bond donors (Lipinski definition) is 0. The van der Waals surface area contributed by atoms with Crippen LogP contribution in [0.15, 0.2) is 18.2 Å². The van der Waals surface area contributed by atoms with E-state index in [4.69, 9.17) is 0 Å². The minimum absolute atomic E-state index is 0.151. The van der Waals surface area contributed by atoms with Crippen LogP contribution in [0.2, 0.25) is 0 Å². The predicted molar refractivity (Wildman–Crippen MR) is 62.9 cm³/mol. The highest BCUT2D eigenvalue weighted by Crippen LogP contribution is 2.35. The molecule has 1 heteroatoms. The molecule has 78 valence electrons. The van der Waals surface area contributed by atoms with E-state index in [1.54, 1.807) is 13.0 Å². The molecule has 0 bridgehead atoms. The van der Waals surface area contributed by atoms with Crippen LogP contribution >= 0.6 is 0 Å². The molecular weight excluding hydrogens is 184 g/mol. The molecule has 1 aliphatic rings. The first-order chi connectivity index (χ1) is 7.08. The van der Waals surface area contributed by atoms with Crippen LogP contribution in [0.25, 0.3) is 5.57 Å². The van der Waals surface area contributed by atoms with Crippen LogP contribution in [0.1, 0.15) is 35.6 Å². The van der Waals surface area contributed by atoms with E-state index in [2.05, 4.69) is 26.0 Å². The number of rotatable bonds is 1. The van der Waals surface area contributed by atoms with E-state index in [0.29, 0.717) is 0 Å². The largest absolute Gasteiger partial charge is 0.295 e. The second kappa shape index (κ2) is 3.65. The Morgan fingerprint density at radius 1 is 1.27 bits per heavy atom. The molecule has 0 heterocycles. The number of ketones is 1. The van der Waals surface area contributed by atoms with Gasteiger partial charge in [-0.2, -0.15) is 0 Å². The lowest BCUT2D eigenvalue weighted by Crippen LogP contribution is -1.91. The van der Waals surface area contributed by atoms with Crippen LogP contribution in [-0.4, -0.2) is 5.78 Å². The fourth-order valence-electron chi connectivity index (χ4n) is 2.50. The summed E-state index contributed by atoms with van der Waals surface area (Å²) in [5.41, 5.74) is 6.55. The molecule has 0 spiro atoms. The van der Waals surface area contributed by atoms with Crippen molar-refractivity contribution in [3.8, 4) is 0 Å². The molecule has 0 N–H and O–H groups in total. The van der Waals surface area contributed by atoms with Crippen molar-refractivity contribution < 1.29 is 4.79 Å². The quantitative estimate of drug-likeness (QED) is 0.636. The van der Waals surface area contributed by atoms with Crippen molar-refractivity contribution in [1.82, 2.24) is 0 Å². The summed E-state index contributed by atoms with van der Waals surface area (Å²) in [6.07, 6.45) is 3.88. The van der Waals surface area contributed by atoms with Crippen molar-refractivity contribution in [2.45, 2.75) is 33.6 Å². The summed E-state index contributed by atoms with van der Waals surface area (Å²) in [5.74, 6) is 0.151. The highest BCUT2D eigenvalue weighted by molar-refractivity contribution is 5.96. The molecule has 15 heavy (non-hydrogen) atoms. The molecule has 1 nitrogen and oxygen atoms in total. The Hall–Kier alpha value is -1.37. The van der Waals surface area contributed by atoms with Gasteiger partial charge >= 0.3 is 0 Å². The van der Waals surface area contributed by atoms with E-state index in [1.807, 2.05) is 0 Å². The summed E-state index contributed by atoms with van der Waals surface area (Å²) in [6.45, 7) is 5.87. The number of allylic oxidation sites excluding steroid dienone is 2. The normalized spacial score (nSPS) is 16.9. The zero-order valence-electron chi connectivity index (χ0n) is 9.55. The van der Waals surface area contributed by atoms with Crippen LogP contribution in [0.3, 0.4) is 0 Å². The maximum Gasteiger partial charge on any atom is 0.152 e. The van der Waals surface area contributed by atoms with E-state index < -0.39 is 0 Å². The van der Waals surface area contributed by atoms with Gasteiger partial charge in [-0.15, -0.1) is 0 Å². The molecule has 0 atom stereocenters. The van der Waals surface area contributed by atoms with Crippen molar-refractivity contribution >= 4 is 11.4 Å². The van der Waals surface area contributed by atoms with Crippen LogP contribution in [0.5, 0.6) is 0 Å². The SMILES string of the molecule is CC(=O)C=C1CCc2cc(C)cc(C)c21. The molecule has 1 aromatic carbocycles. The van der Waals surface area contributed by atoms with Gasteiger partial charge in [-0.1, -0.05) is 17.7 Å². The first-order valence-electron chi connectivity index (χ1n) is 5.39. The number of benzene rings is 1. The Morgan fingerprint density at radius 3 is 2.67 bits per heavy atom. The Labute approximate surface area is 90.8 Å². The molecule has 1 aliphatic carbocycles. The molecule has 2 rings (SSSR count). The number of carbonyl (C=O) groups excluding carboxylic acids is 1. The lowest BCUT2D eigenvalue weighted by atomic mass is 9.98. The average Bonchev–Trinajstić information content (AvgIpc) is 2.46. The lowest BCUT2D eigenvalue weighted by Gasteiger charge is -2.07. The van der Waals surface area contributed by atoms with Crippen molar-refractivity contribution in [2.75, 3.05) is 0 Å². The molecule has 1 aromatic rings. The summed E-state index contributed by atoms with van der Waals surface area (Å²) < 4.78 is 0. The Bertz CT molecular complexity index is 453. The predicted octanol–water partition coefficient (Wildman–Crippen LogP) is 3.22. The minimum Gasteiger partial charge on any atom is -0.295 e. The minimum atomic E-state index is 0.151. The third-order valence-electron chi connectivity index (χ3n) is 2.92. The fraction of sp³-hybridized carbons (Fsp3) is 0.357. The molecule has 0 aliphatic heterocycles. The van der Waals surface area contributed by atoms with Crippen molar-refractivity contribution in [2.24, 2.45) is 0 Å². The summed E-state index contributed by atoms with van der Waals surface area (Å²) in [6, 6.07) is 4.43. The Kier molecular flexibility index (Phi) is 2.47. The molecule has 0 aromatic heterocycles. The first-order valence-corrected chi connectivity index (χ1v) is 5.39. The summed E-state index contributed by atoms with van der Waals surface area (Å²) in [5, 5.41) is 0. The van der Waals surface area contributed by atoms with Crippen LogP contribution in [0, 0.1) is 13.8 Å². The second-order valence-electron chi connectivity index (χ2n) is 4.40. The van der Waals surface area contributed by atoms with Crippen molar-refractivity contribution in [3.05, 3.63) is 40.5 Å². The lowest BCUT2D eigenvalue weighted by molar-refractivity contribution is -0.112. The van der Waals surface area contributed by atoms with E-state index >= 15 is 0 Å². The molecule has 0 amide bonds. The van der Waals surface area contributed by atoms with E-state index in [0.717, 1.165) is 12.8 Å². The summed E-state index contributed by atoms with van der Waals surface area (Å²) >= 11 is 0. The monoisotopic (exact) mass is 200 g/mol. The van der Waals surface area contributed by atoms with E-state index in [9.17, 15) is 4.79 Å². The molecule has 0 saturated carbocycles. The molecule has 0 fully saturated rings. The van der Waals surface area contributed by atoms with Gasteiger partial charge in [0.1, 0.15) is 0 Å². The highest BCUT2D eigenvalue weighted by atomic mass is 16.1. The molecule has 0 radical (unpaired) electrons. The van der Waals surface area contributed by atoms with Gasteiger partial charge in [0.25, 0.3) is 0 Å². The van der Waals surface area contributed by atoms with E-state index in [-0.39, 0.29) is 5.78 Å². The number of aryl methyl sites for hydroxylation is 3. The molecule has 0 unspecified atom stereocenters. The number of fused-ring (bicyclic) bond motifs is 1. The zero-order chi connectivity index (χ0) is 11.0. The van der Waals surface area contributed by atoms with Gasteiger partial charge in [-0.25, -0.2) is 0 Å². The number of hydrogen-bond acceptors (Lipinski definition) is 1. The van der Waals surface area contributed by atoms with Gasteiger partial charge in [0.15, 0.2) is 5.78 Å². The topological polar surface area (TPSA) is 17.1 Å². The van der Waals surface area contributed by atoms with Gasteiger partial charge in [0.05, 0.1) is 0 Å². The van der Waals surface area contributed by atoms with Gasteiger partial charge in [-0.05, 0) is 62.0 Å². The van der Waals surface area contributed by atoms with E-state index in [1.165, 1.54) is 27.8 Å². The van der Waals surface area contributed by atoms with Crippen molar-refractivity contribution in [3.63, 3.8) is 0 Å². The Balaban J connectivity index is 2.56. The van der Waals surface area contributed by atoms with Crippen molar-refractivity contribution in [1.29, 1.82) is 0 Å². The number of carbonyl (C=O) groups is 1. The zero-order valence-corrected chi connectivity index (χ0v) is 9.55. The van der Waals surface area contributed by atoms with Crippen LogP contribution in [0.4, 0.5) is 0 Å². The van der Waals surface area contributed by atoms with Gasteiger partial charge < -0.3 is 0 Å². The highest BCUT2D eigenvalue weighted by Gasteiger charge is 2.18. The summed E-state index contributed by atoms with van der Waals surface area (Å²) in [7, 11) is 0. The van der Waals surface area contributed by atoms with Crippen LogP contribution < -0.4 is 0 Å².